The molecule has 1 unspecified atom stereocenters. The van der Waals surface area contributed by atoms with Crippen LogP contribution in [0.5, 0.6) is 0 Å². The van der Waals surface area contributed by atoms with Gasteiger partial charge in [0.2, 0.25) is 0 Å². The molecule has 0 aliphatic rings. The summed E-state index contributed by atoms with van der Waals surface area (Å²) in [5.41, 5.74) is -0.303. The van der Waals surface area contributed by atoms with Crippen molar-refractivity contribution >= 4 is 11.8 Å². The summed E-state index contributed by atoms with van der Waals surface area (Å²) in [6.45, 7) is 8.46. The third kappa shape index (κ3) is 6.06. The van der Waals surface area contributed by atoms with E-state index in [0.717, 1.165) is 19.3 Å². The van der Waals surface area contributed by atoms with E-state index < -0.39 is 0 Å². The predicted molar refractivity (Wildman–Crippen MR) is 69.1 cm³/mol. The van der Waals surface area contributed by atoms with Gasteiger partial charge < -0.3 is 0 Å². The molecule has 0 amide bonds. The van der Waals surface area contributed by atoms with Crippen LogP contribution in [0.15, 0.2) is 0 Å². The summed E-state index contributed by atoms with van der Waals surface area (Å²) < 4.78 is 0. The maximum absolute atomic E-state index is 9.26. The highest BCUT2D eigenvalue weighted by Crippen LogP contribution is 2.19. The molecule has 0 aromatic rings. The van der Waals surface area contributed by atoms with Crippen LogP contribution < -0.4 is 5.32 Å². The highest BCUT2D eigenvalue weighted by atomic mass is 32.2. The van der Waals surface area contributed by atoms with E-state index >= 15 is 0 Å². The van der Waals surface area contributed by atoms with Gasteiger partial charge in [0.25, 0.3) is 0 Å². The van der Waals surface area contributed by atoms with Crippen LogP contribution in [0.4, 0.5) is 0 Å². The van der Waals surface area contributed by atoms with Gasteiger partial charge in [-0.25, -0.2) is 0 Å². The van der Waals surface area contributed by atoms with Gasteiger partial charge in [-0.1, -0.05) is 13.8 Å². The Hall–Kier alpha value is -0.200. The summed E-state index contributed by atoms with van der Waals surface area (Å²) in [6, 6.07) is 2.83. The third-order valence-electron chi connectivity index (χ3n) is 2.48. The van der Waals surface area contributed by atoms with Crippen LogP contribution in [0.3, 0.4) is 0 Å². The molecule has 2 nitrogen and oxygen atoms in total. The van der Waals surface area contributed by atoms with Gasteiger partial charge in [-0.15, -0.1) is 0 Å². The van der Waals surface area contributed by atoms with Gasteiger partial charge in [0.05, 0.1) is 6.07 Å². The predicted octanol–water partition coefficient (Wildman–Crippen LogP) is 3.19. The molecule has 0 heterocycles. The fourth-order valence-electron chi connectivity index (χ4n) is 1.69. The highest BCUT2D eigenvalue weighted by molar-refractivity contribution is 7.99. The Morgan fingerprint density at radius 3 is 2.47 bits per heavy atom. The molecule has 0 saturated carbocycles. The van der Waals surface area contributed by atoms with Crippen LogP contribution >= 0.6 is 11.8 Å². The number of nitrogens with one attached hydrogen (secondary N) is 1. The summed E-state index contributed by atoms with van der Waals surface area (Å²) in [5, 5.41) is 12.7. The number of nitriles is 1. The Morgan fingerprint density at radius 1 is 1.40 bits per heavy atom. The summed E-state index contributed by atoms with van der Waals surface area (Å²) in [5.74, 6) is 2.34. The molecule has 0 bridgehead atoms. The lowest BCUT2D eigenvalue weighted by Gasteiger charge is -2.29. The molecular formula is C12H24N2S. The topological polar surface area (TPSA) is 35.8 Å². The van der Waals surface area contributed by atoms with E-state index in [0.29, 0.717) is 6.04 Å². The molecule has 15 heavy (non-hydrogen) atoms. The molecule has 1 N–H and O–H groups in total. The number of hydrogen-bond donors (Lipinski definition) is 1. The van der Waals surface area contributed by atoms with Crippen molar-refractivity contribution in [1.29, 1.82) is 5.26 Å². The van der Waals surface area contributed by atoms with Crippen molar-refractivity contribution in [2.24, 2.45) is 0 Å². The van der Waals surface area contributed by atoms with Crippen LogP contribution in [-0.4, -0.2) is 23.1 Å². The van der Waals surface area contributed by atoms with E-state index in [9.17, 15) is 5.26 Å². The van der Waals surface area contributed by atoms with Crippen LogP contribution in [-0.2, 0) is 0 Å². The quantitative estimate of drug-likeness (QED) is 0.648. The molecule has 0 fully saturated rings. The summed E-state index contributed by atoms with van der Waals surface area (Å²) >= 11 is 1.95. The van der Waals surface area contributed by atoms with E-state index in [2.05, 4.69) is 39.1 Å². The lowest BCUT2D eigenvalue weighted by Crippen LogP contribution is -2.47. The second-order valence-corrected chi connectivity index (χ2v) is 5.54. The van der Waals surface area contributed by atoms with Gasteiger partial charge in [0.1, 0.15) is 5.54 Å². The fraction of sp³-hybridized carbons (Fsp3) is 0.917. The van der Waals surface area contributed by atoms with E-state index in [-0.39, 0.29) is 5.54 Å². The molecule has 0 aliphatic heterocycles. The first-order valence-electron chi connectivity index (χ1n) is 5.87. The van der Waals surface area contributed by atoms with Crippen molar-refractivity contribution in [3.8, 4) is 6.07 Å². The van der Waals surface area contributed by atoms with Gasteiger partial charge in [0.15, 0.2) is 0 Å². The smallest absolute Gasteiger partial charge is 0.106 e. The normalized spacial score (nSPS) is 14.9. The molecule has 1 atom stereocenters. The Balaban J connectivity index is 4.08. The number of rotatable bonds is 8. The van der Waals surface area contributed by atoms with Gasteiger partial charge in [-0.05, 0) is 44.6 Å². The zero-order valence-corrected chi connectivity index (χ0v) is 11.3. The molecule has 3 heteroatoms. The minimum Gasteiger partial charge on any atom is -0.297 e. The standard InChI is InChI=1S/C12H24N2S/c1-5-12(10-13,14-11(3)4)8-7-9-15-6-2/h11,14H,5-9H2,1-4H3. The molecule has 0 saturated heterocycles. The molecule has 0 rings (SSSR count). The Kier molecular flexibility index (Phi) is 7.90. The minimum atomic E-state index is -0.303. The summed E-state index contributed by atoms with van der Waals surface area (Å²) in [4.78, 5) is 0. The maximum atomic E-state index is 9.26. The maximum Gasteiger partial charge on any atom is 0.106 e. The molecule has 0 aliphatic carbocycles. The second kappa shape index (κ2) is 8.01. The van der Waals surface area contributed by atoms with Crippen LogP contribution in [0.25, 0.3) is 0 Å². The van der Waals surface area contributed by atoms with E-state index in [1.165, 1.54) is 11.5 Å². The fourth-order valence-corrected chi connectivity index (χ4v) is 2.33. The molecule has 0 radical (unpaired) electrons. The van der Waals surface area contributed by atoms with Crippen molar-refractivity contribution in [2.75, 3.05) is 11.5 Å². The van der Waals surface area contributed by atoms with Crippen molar-refractivity contribution in [2.45, 2.75) is 58.5 Å². The largest absolute Gasteiger partial charge is 0.297 e. The first-order valence-corrected chi connectivity index (χ1v) is 7.02. The van der Waals surface area contributed by atoms with Crippen molar-refractivity contribution < 1.29 is 0 Å². The zero-order chi connectivity index (χ0) is 11.7. The third-order valence-corrected chi connectivity index (χ3v) is 3.46. The average Bonchev–Trinajstić information content (AvgIpc) is 2.22. The van der Waals surface area contributed by atoms with E-state index in [4.69, 9.17) is 0 Å². The average molecular weight is 228 g/mol. The highest BCUT2D eigenvalue weighted by Gasteiger charge is 2.27. The Morgan fingerprint density at radius 2 is 2.07 bits per heavy atom. The Labute approximate surface area is 98.8 Å². The monoisotopic (exact) mass is 228 g/mol. The lowest BCUT2D eigenvalue weighted by atomic mass is 9.91. The van der Waals surface area contributed by atoms with Crippen LogP contribution in [0.2, 0.25) is 0 Å². The second-order valence-electron chi connectivity index (χ2n) is 4.15. The summed E-state index contributed by atoms with van der Waals surface area (Å²) in [6.07, 6.45) is 2.98. The molecule has 88 valence electrons. The molecule has 0 spiro atoms. The van der Waals surface area contributed by atoms with Gasteiger partial charge in [0, 0.05) is 6.04 Å². The first-order chi connectivity index (χ1) is 7.10. The van der Waals surface area contributed by atoms with Gasteiger partial charge in [-0.3, -0.25) is 5.32 Å². The molecular weight excluding hydrogens is 204 g/mol. The SMILES string of the molecule is CCSCCCC(C#N)(CC)NC(C)C. The first kappa shape index (κ1) is 14.8. The van der Waals surface area contributed by atoms with E-state index in [1.807, 2.05) is 11.8 Å². The summed E-state index contributed by atoms with van der Waals surface area (Å²) in [7, 11) is 0. The van der Waals surface area contributed by atoms with E-state index in [1.54, 1.807) is 0 Å². The van der Waals surface area contributed by atoms with Crippen LogP contribution in [0.1, 0.15) is 47.0 Å². The number of nitrogens with zero attached hydrogens (tertiary/aromatic N) is 1. The zero-order valence-electron chi connectivity index (χ0n) is 10.5. The van der Waals surface area contributed by atoms with Crippen LogP contribution in [0, 0.1) is 11.3 Å². The van der Waals surface area contributed by atoms with Gasteiger partial charge >= 0.3 is 0 Å². The minimum absolute atomic E-state index is 0.303. The molecule has 0 aromatic carbocycles. The van der Waals surface area contributed by atoms with Crippen molar-refractivity contribution in [3.63, 3.8) is 0 Å². The number of hydrogen-bond acceptors (Lipinski definition) is 3. The number of thioether (sulfide) groups is 1. The van der Waals surface area contributed by atoms with Crippen molar-refractivity contribution in [3.05, 3.63) is 0 Å². The van der Waals surface area contributed by atoms with Gasteiger partial charge in [-0.2, -0.15) is 17.0 Å². The molecule has 0 aromatic heterocycles. The van der Waals surface area contributed by atoms with Crippen molar-refractivity contribution in [1.82, 2.24) is 5.32 Å². The lowest BCUT2D eigenvalue weighted by molar-refractivity contribution is 0.341. The Bertz CT molecular complexity index is 198.